The summed E-state index contributed by atoms with van der Waals surface area (Å²) in [5.74, 6) is 0.791. The molecule has 1 heterocycles. The van der Waals surface area contributed by atoms with Gasteiger partial charge in [0, 0.05) is 16.9 Å². The van der Waals surface area contributed by atoms with Crippen molar-refractivity contribution in [1.82, 2.24) is 9.97 Å². The number of hydrogen-bond acceptors (Lipinski definition) is 3. The molecule has 4 heteroatoms. The molecule has 0 N–H and O–H groups in total. The van der Waals surface area contributed by atoms with Gasteiger partial charge in [-0.2, -0.15) is 0 Å². The molecule has 0 radical (unpaired) electrons. The van der Waals surface area contributed by atoms with Gasteiger partial charge in [0.2, 0.25) is 0 Å². The predicted molar refractivity (Wildman–Crippen MR) is 71.7 cm³/mol. The molecule has 0 aliphatic carbocycles. The molecule has 2 rings (SSSR count). The minimum absolute atomic E-state index is 0.551. The van der Waals surface area contributed by atoms with Gasteiger partial charge >= 0.3 is 0 Å². The van der Waals surface area contributed by atoms with Gasteiger partial charge in [0.25, 0.3) is 0 Å². The lowest BCUT2D eigenvalue weighted by atomic mass is 10.3. The first kappa shape index (κ1) is 12.4. The van der Waals surface area contributed by atoms with Gasteiger partial charge in [-0.25, -0.2) is 9.97 Å². The van der Waals surface area contributed by atoms with Crippen LogP contribution in [0.4, 0.5) is 0 Å². The van der Waals surface area contributed by atoms with Crippen LogP contribution in [0.25, 0.3) is 0 Å². The van der Waals surface area contributed by atoms with E-state index in [1.165, 1.54) is 0 Å². The molecule has 0 aliphatic heterocycles. The summed E-state index contributed by atoms with van der Waals surface area (Å²) in [5.41, 5.74) is 0.942. The highest BCUT2D eigenvalue weighted by molar-refractivity contribution is 7.99. The first-order chi connectivity index (χ1) is 8.20. The van der Waals surface area contributed by atoms with Gasteiger partial charge in [-0.05, 0) is 19.1 Å². The van der Waals surface area contributed by atoms with Gasteiger partial charge in [0.05, 0.1) is 0 Å². The minimum Gasteiger partial charge on any atom is -0.226 e. The average Bonchev–Trinajstić information content (AvgIpc) is 2.36. The lowest BCUT2D eigenvalue weighted by Crippen LogP contribution is -1.98. The molecule has 2 nitrogen and oxygen atoms in total. The van der Waals surface area contributed by atoms with Crippen LogP contribution in [0.2, 0.25) is 5.15 Å². The fourth-order valence-corrected chi connectivity index (χ4v) is 2.53. The maximum atomic E-state index is 6.10. The Morgan fingerprint density at radius 2 is 1.88 bits per heavy atom. The van der Waals surface area contributed by atoms with Crippen molar-refractivity contribution in [3.63, 3.8) is 0 Å². The molecular formula is C13H13ClN2S. The summed E-state index contributed by atoms with van der Waals surface area (Å²) >= 11 is 7.72. The summed E-state index contributed by atoms with van der Waals surface area (Å²) in [6, 6.07) is 10.2. The minimum atomic E-state index is 0.551. The molecule has 0 atom stereocenters. The van der Waals surface area contributed by atoms with Crippen molar-refractivity contribution in [2.75, 3.05) is 0 Å². The summed E-state index contributed by atoms with van der Waals surface area (Å²) in [6.07, 6.45) is 0.794. The summed E-state index contributed by atoms with van der Waals surface area (Å²) in [6.45, 7) is 3.98. The van der Waals surface area contributed by atoms with Crippen LogP contribution in [0.5, 0.6) is 0 Å². The second-order valence-corrected chi connectivity index (χ2v) is 5.05. The van der Waals surface area contributed by atoms with Crippen LogP contribution in [-0.4, -0.2) is 9.97 Å². The molecular weight excluding hydrogens is 252 g/mol. The Kier molecular flexibility index (Phi) is 4.02. The molecule has 0 aliphatic rings. The zero-order valence-electron chi connectivity index (χ0n) is 9.77. The van der Waals surface area contributed by atoms with Crippen molar-refractivity contribution in [1.29, 1.82) is 0 Å². The predicted octanol–water partition coefficient (Wildman–Crippen LogP) is 4.15. The molecule has 0 saturated carbocycles. The largest absolute Gasteiger partial charge is 0.226 e. The number of benzene rings is 1. The molecule has 17 heavy (non-hydrogen) atoms. The Morgan fingerprint density at radius 1 is 1.18 bits per heavy atom. The Balaban J connectivity index is 2.35. The van der Waals surface area contributed by atoms with E-state index in [0.29, 0.717) is 5.15 Å². The third-order valence-corrected chi connectivity index (χ3v) is 3.83. The van der Waals surface area contributed by atoms with Crippen molar-refractivity contribution >= 4 is 23.4 Å². The van der Waals surface area contributed by atoms with E-state index >= 15 is 0 Å². The van der Waals surface area contributed by atoms with Crippen molar-refractivity contribution in [2.24, 2.45) is 0 Å². The van der Waals surface area contributed by atoms with Gasteiger partial charge in [-0.15, -0.1) is 0 Å². The molecule has 0 amide bonds. The quantitative estimate of drug-likeness (QED) is 0.779. The zero-order chi connectivity index (χ0) is 12.3. The number of aromatic nitrogens is 2. The van der Waals surface area contributed by atoms with Crippen molar-refractivity contribution in [3.8, 4) is 0 Å². The van der Waals surface area contributed by atoms with E-state index < -0.39 is 0 Å². The smallest absolute Gasteiger partial charge is 0.136 e. The molecule has 0 unspecified atom stereocenters. The zero-order valence-corrected chi connectivity index (χ0v) is 11.3. The number of halogens is 1. The van der Waals surface area contributed by atoms with Crippen molar-refractivity contribution < 1.29 is 0 Å². The maximum Gasteiger partial charge on any atom is 0.136 e. The highest BCUT2D eigenvalue weighted by Crippen LogP contribution is 2.30. The number of aryl methyl sites for hydroxylation is 1. The second-order valence-electron chi connectivity index (χ2n) is 3.63. The van der Waals surface area contributed by atoms with E-state index in [4.69, 9.17) is 11.6 Å². The molecule has 88 valence electrons. The molecule has 1 aromatic carbocycles. The topological polar surface area (TPSA) is 25.8 Å². The molecule has 0 bridgehead atoms. The van der Waals surface area contributed by atoms with E-state index in [1.54, 1.807) is 11.8 Å². The van der Waals surface area contributed by atoms with Gasteiger partial charge in [0.1, 0.15) is 16.0 Å². The van der Waals surface area contributed by atoms with Crippen LogP contribution in [0.15, 0.2) is 40.3 Å². The Hall–Kier alpha value is -1.06. The standard InChI is InChI=1S/C13H13ClN2S/c1-3-11-15-12(14)9(2)13(16-11)17-10-7-5-4-6-8-10/h4-8H,3H2,1-2H3. The second kappa shape index (κ2) is 5.52. The molecule has 2 aromatic rings. The first-order valence-electron chi connectivity index (χ1n) is 5.46. The van der Waals surface area contributed by atoms with Crippen molar-refractivity contribution in [2.45, 2.75) is 30.2 Å². The fourth-order valence-electron chi connectivity index (χ4n) is 1.37. The monoisotopic (exact) mass is 264 g/mol. The summed E-state index contributed by atoms with van der Waals surface area (Å²) < 4.78 is 0. The highest BCUT2D eigenvalue weighted by Gasteiger charge is 2.09. The molecule has 1 aromatic heterocycles. The number of hydrogen-bond donors (Lipinski definition) is 0. The van der Waals surface area contributed by atoms with Crippen LogP contribution in [-0.2, 0) is 6.42 Å². The Morgan fingerprint density at radius 3 is 2.53 bits per heavy atom. The summed E-state index contributed by atoms with van der Waals surface area (Å²) in [5, 5.41) is 1.49. The first-order valence-corrected chi connectivity index (χ1v) is 6.66. The van der Waals surface area contributed by atoms with Gasteiger partial charge in [0.15, 0.2) is 0 Å². The lowest BCUT2D eigenvalue weighted by Gasteiger charge is -2.07. The fraction of sp³-hybridized carbons (Fsp3) is 0.231. The van der Waals surface area contributed by atoms with E-state index in [-0.39, 0.29) is 0 Å². The number of rotatable bonds is 3. The van der Waals surface area contributed by atoms with Crippen molar-refractivity contribution in [3.05, 3.63) is 46.9 Å². The number of nitrogens with zero attached hydrogens (tertiary/aromatic N) is 2. The van der Waals surface area contributed by atoms with Crippen LogP contribution < -0.4 is 0 Å². The van der Waals surface area contributed by atoms with Crippen LogP contribution in [0.3, 0.4) is 0 Å². The van der Waals surface area contributed by atoms with Crippen LogP contribution in [0.1, 0.15) is 18.3 Å². The van der Waals surface area contributed by atoms with E-state index in [9.17, 15) is 0 Å². The van der Waals surface area contributed by atoms with Crippen LogP contribution in [0, 0.1) is 6.92 Å². The SMILES string of the molecule is CCc1nc(Cl)c(C)c(Sc2ccccc2)n1. The molecule has 0 spiro atoms. The Labute approximate surface area is 110 Å². The van der Waals surface area contributed by atoms with E-state index in [0.717, 1.165) is 27.7 Å². The Bertz CT molecular complexity index is 514. The van der Waals surface area contributed by atoms with Gasteiger partial charge < -0.3 is 0 Å². The third kappa shape index (κ3) is 2.99. The van der Waals surface area contributed by atoms with E-state index in [1.807, 2.05) is 32.0 Å². The highest BCUT2D eigenvalue weighted by atomic mass is 35.5. The van der Waals surface area contributed by atoms with Gasteiger partial charge in [-0.3, -0.25) is 0 Å². The third-order valence-electron chi connectivity index (χ3n) is 2.36. The average molecular weight is 265 g/mol. The van der Waals surface area contributed by atoms with Gasteiger partial charge in [-0.1, -0.05) is 48.5 Å². The summed E-state index contributed by atoms with van der Waals surface area (Å²) in [7, 11) is 0. The molecule has 0 fully saturated rings. The van der Waals surface area contributed by atoms with Crippen LogP contribution >= 0.6 is 23.4 Å². The summed E-state index contributed by atoms with van der Waals surface area (Å²) in [4.78, 5) is 9.91. The normalized spacial score (nSPS) is 10.5. The van der Waals surface area contributed by atoms with E-state index in [2.05, 4.69) is 22.1 Å². The maximum absolute atomic E-state index is 6.10. The molecule has 0 saturated heterocycles. The lowest BCUT2D eigenvalue weighted by molar-refractivity contribution is 0.872.